The van der Waals surface area contributed by atoms with Crippen molar-refractivity contribution in [2.45, 2.75) is 17.4 Å². The van der Waals surface area contributed by atoms with E-state index in [-0.39, 0.29) is 4.75 Å². The third-order valence-corrected chi connectivity index (χ3v) is 4.15. The summed E-state index contributed by atoms with van der Waals surface area (Å²) in [5, 5.41) is 0. The molecule has 0 radical (unpaired) electrons. The second kappa shape index (κ2) is 3.00. The molecular weight excluding hydrogens is 184 g/mol. The minimum atomic E-state index is 0.0690. The van der Waals surface area contributed by atoms with Crippen molar-refractivity contribution in [3.63, 3.8) is 0 Å². The van der Waals surface area contributed by atoms with E-state index in [2.05, 4.69) is 43.8 Å². The summed E-state index contributed by atoms with van der Waals surface area (Å²) in [6.45, 7) is 2.20. The fraction of sp³-hybridized carbons (Fsp3) is 0.400. The average Bonchev–Trinajstić information content (AvgIpc) is 2.04. The molecule has 1 aromatic rings. The van der Waals surface area contributed by atoms with Crippen molar-refractivity contribution in [1.29, 1.82) is 0 Å². The summed E-state index contributed by atoms with van der Waals surface area (Å²) in [5.74, 6) is 2.26. The van der Waals surface area contributed by atoms with Crippen LogP contribution < -0.4 is 0 Å². The number of fused-ring (bicyclic) bond motifs is 1. The normalized spacial score (nSPS) is 28.2. The van der Waals surface area contributed by atoms with Crippen LogP contribution in [-0.4, -0.2) is 5.75 Å². The van der Waals surface area contributed by atoms with Gasteiger partial charge in [0, 0.05) is 16.3 Å². The molecule has 0 aliphatic carbocycles. The van der Waals surface area contributed by atoms with Gasteiger partial charge in [0.05, 0.1) is 0 Å². The lowest BCUT2D eigenvalue weighted by molar-refractivity contribution is 0.784. The molecule has 1 atom stereocenters. The summed E-state index contributed by atoms with van der Waals surface area (Å²) >= 11 is 6.64. The van der Waals surface area contributed by atoms with Gasteiger partial charge in [-0.2, -0.15) is 24.4 Å². The van der Waals surface area contributed by atoms with Crippen LogP contribution in [0.5, 0.6) is 0 Å². The van der Waals surface area contributed by atoms with Crippen LogP contribution in [0.15, 0.2) is 24.3 Å². The van der Waals surface area contributed by atoms with Crippen LogP contribution >= 0.6 is 24.4 Å². The Balaban J connectivity index is 2.52. The number of hydrogen-bond acceptors (Lipinski definition) is 2. The number of thioether (sulfide) groups is 1. The molecule has 64 valence electrons. The second-order valence-corrected chi connectivity index (χ2v) is 5.40. The summed E-state index contributed by atoms with van der Waals surface area (Å²) in [6, 6.07) is 8.61. The molecule has 1 aliphatic heterocycles. The highest BCUT2D eigenvalue weighted by Crippen LogP contribution is 2.40. The van der Waals surface area contributed by atoms with Gasteiger partial charge in [-0.1, -0.05) is 24.3 Å². The van der Waals surface area contributed by atoms with E-state index in [0.29, 0.717) is 0 Å². The van der Waals surface area contributed by atoms with E-state index in [1.807, 2.05) is 11.8 Å². The predicted molar refractivity (Wildman–Crippen MR) is 58.9 cm³/mol. The summed E-state index contributed by atoms with van der Waals surface area (Å²) in [7, 11) is 0. The minimum Gasteiger partial charge on any atom is -0.167 e. The van der Waals surface area contributed by atoms with Gasteiger partial charge in [0.1, 0.15) is 0 Å². The topological polar surface area (TPSA) is 0 Å². The van der Waals surface area contributed by atoms with E-state index in [4.69, 9.17) is 0 Å². The Kier molecular flexibility index (Phi) is 2.13. The first kappa shape index (κ1) is 8.52. The van der Waals surface area contributed by atoms with Gasteiger partial charge in [-0.05, 0) is 18.1 Å². The molecule has 0 amide bonds. The first-order chi connectivity index (χ1) is 5.70. The zero-order valence-electron chi connectivity index (χ0n) is 7.08. The van der Waals surface area contributed by atoms with Crippen molar-refractivity contribution >= 4 is 24.4 Å². The molecule has 0 saturated carbocycles. The van der Waals surface area contributed by atoms with Gasteiger partial charge in [-0.15, -0.1) is 0 Å². The maximum absolute atomic E-state index is 4.68. The Morgan fingerprint density at radius 3 is 2.92 bits per heavy atom. The average molecular weight is 196 g/mol. The van der Waals surface area contributed by atoms with Gasteiger partial charge in [-0.3, -0.25) is 0 Å². The second-order valence-electron chi connectivity index (χ2n) is 3.42. The highest BCUT2D eigenvalue weighted by atomic mass is 32.2. The molecule has 1 aliphatic rings. The third-order valence-electron chi connectivity index (χ3n) is 2.24. The van der Waals surface area contributed by atoms with Gasteiger partial charge in [0.25, 0.3) is 0 Å². The smallest absolute Gasteiger partial charge is 0.0443 e. The first-order valence-corrected chi connectivity index (χ1v) is 5.69. The molecule has 1 aromatic carbocycles. The van der Waals surface area contributed by atoms with Crippen LogP contribution in [0.4, 0.5) is 0 Å². The van der Waals surface area contributed by atoms with Gasteiger partial charge < -0.3 is 0 Å². The first-order valence-electron chi connectivity index (χ1n) is 4.09. The molecule has 1 heterocycles. The lowest BCUT2D eigenvalue weighted by Gasteiger charge is -2.30. The highest BCUT2D eigenvalue weighted by molar-refractivity contribution is 7.99. The van der Waals surface area contributed by atoms with Crippen LogP contribution in [-0.2, 0) is 10.5 Å². The molecule has 0 aromatic heterocycles. The van der Waals surface area contributed by atoms with Crippen LogP contribution in [0.3, 0.4) is 0 Å². The van der Waals surface area contributed by atoms with E-state index in [9.17, 15) is 0 Å². The van der Waals surface area contributed by atoms with Crippen molar-refractivity contribution in [3.8, 4) is 0 Å². The largest absolute Gasteiger partial charge is 0.167 e. The maximum Gasteiger partial charge on any atom is 0.0443 e. The van der Waals surface area contributed by atoms with E-state index in [0.717, 1.165) is 11.5 Å². The van der Waals surface area contributed by atoms with E-state index >= 15 is 0 Å². The van der Waals surface area contributed by atoms with E-state index < -0.39 is 0 Å². The van der Waals surface area contributed by atoms with Crippen molar-refractivity contribution in [3.05, 3.63) is 35.4 Å². The molecule has 0 saturated heterocycles. The lowest BCUT2D eigenvalue weighted by Crippen LogP contribution is -2.22. The Morgan fingerprint density at radius 1 is 1.42 bits per heavy atom. The number of hydrogen-bond donors (Lipinski definition) is 1. The number of rotatable bonds is 0. The SMILES string of the molecule is CC1(S)CSCc2ccccc21. The minimum absolute atomic E-state index is 0.0690. The van der Waals surface area contributed by atoms with Crippen LogP contribution in [0, 0.1) is 0 Å². The summed E-state index contributed by atoms with van der Waals surface area (Å²) < 4.78 is 0.0690. The molecule has 2 rings (SSSR count). The van der Waals surface area contributed by atoms with Gasteiger partial charge in [0.15, 0.2) is 0 Å². The Labute approximate surface area is 83.2 Å². The Hall–Kier alpha value is -0.0800. The molecule has 0 spiro atoms. The summed E-state index contributed by atoms with van der Waals surface area (Å²) in [6.07, 6.45) is 0. The molecule has 12 heavy (non-hydrogen) atoms. The fourth-order valence-corrected chi connectivity index (χ4v) is 3.23. The quantitative estimate of drug-likeness (QED) is 0.622. The zero-order valence-corrected chi connectivity index (χ0v) is 8.79. The van der Waals surface area contributed by atoms with Gasteiger partial charge in [0.2, 0.25) is 0 Å². The van der Waals surface area contributed by atoms with Crippen molar-refractivity contribution in [1.82, 2.24) is 0 Å². The molecule has 0 nitrogen and oxygen atoms in total. The fourth-order valence-electron chi connectivity index (χ4n) is 1.61. The summed E-state index contributed by atoms with van der Waals surface area (Å²) in [5.41, 5.74) is 2.86. The number of thiol groups is 1. The van der Waals surface area contributed by atoms with Crippen molar-refractivity contribution < 1.29 is 0 Å². The third kappa shape index (κ3) is 1.38. The van der Waals surface area contributed by atoms with Gasteiger partial charge >= 0.3 is 0 Å². The molecule has 1 unspecified atom stereocenters. The zero-order chi connectivity index (χ0) is 8.60. The maximum atomic E-state index is 4.68. The molecule has 0 N–H and O–H groups in total. The Bertz CT molecular complexity index is 292. The van der Waals surface area contributed by atoms with Crippen molar-refractivity contribution in [2.75, 3.05) is 5.75 Å². The highest BCUT2D eigenvalue weighted by Gasteiger charge is 2.27. The van der Waals surface area contributed by atoms with Crippen LogP contribution in [0.1, 0.15) is 18.1 Å². The van der Waals surface area contributed by atoms with Gasteiger partial charge in [-0.25, -0.2) is 0 Å². The number of benzene rings is 1. The van der Waals surface area contributed by atoms with Crippen LogP contribution in [0.2, 0.25) is 0 Å². The summed E-state index contributed by atoms with van der Waals surface area (Å²) in [4.78, 5) is 0. The predicted octanol–water partition coefficient (Wildman–Crippen LogP) is 3.08. The van der Waals surface area contributed by atoms with Crippen LogP contribution in [0.25, 0.3) is 0 Å². The van der Waals surface area contributed by atoms with Crippen molar-refractivity contribution in [2.24, 2.45) is 0 Å². The lowest BCUT2D eigenvalue weighted by atomic mass is 9.97. The molecule has 0 bridgehead atoms. The van der Waals surface area contributed by atoms with E-state index in [1.165, 1.54) is 11.1 Å². The molecule has 2 heteroatoms. The standard InChI is InChI=1S/C10H12S2/c1-10(11)7-12-6-8-4-2-3-5-9(8)10/h2-5,11H,6-7H2,1H3. The van der Waals surface area contributed by atoms with E-state index in [1.54, 1.807) is 0 Å². The monoisotopic (exact) mass is 196 g/mol. The molecular formula is C10H12S2. The molecule has 0 fully saturated rings. The Morgan fingerprint density at radius 2 is 2.17 bits per heavy atom.